The number of rotatable bonds is 6. The number of amides is 1. The number of benzene rings is 1. The zero-order chi connectivity index (χ0) is 17.7. The lowest BCUT2D eigenvalue weighted by atomic mass is 10.1. The number of thioether (sulfide) groups is 1. The van der Waals surface area contributed by atoms with Gasteiger partial charge in [-0.15, -0.1) is 0 Å². The maximum Gasteiger partial charge on any atom is 0.254 e. The van der Waals surface area contributed by atoms with Crippen LogP contribution in [-0.4, -0.2) is 27.4 Å². The fraction of sp³-hybridized carbons (Fsp3) is 0.294. The van der Waals surface area contributed by atoms with Crippen molar-refractivity contribution < 1.29 is 9.59 Å². The Morgan fingerprint density at radius 2 is 2.08 bits per heavy atom. The second-order valence-corrected chi connectivity index (χ2v) is 6.23. The third-order valence-electron chi connectivity index (χ3n) is 3.46. The van der Waals surface area contributed by atoms with Crippen LogP contribution >= 0.6 is 11.8 Å². The van der Waals surface area contributed by atoms with Crippen LogP contribution in [0.3, 0.4) is 0 Å². The number of nitrogens with zero attached hydrogens (tertiary/aromatic N) is 1. The van der Waals surface area contributed by atoms with Crippen molar-refractivity contribution in [2.45, 2.75) is 32.3 Å². The zero-order valence-electron chi connectivity index (χ0n) is 13.8. The van der Waals surface area contributed by atoms with Crippen molar-refractivity contribution >= 4 is 29.1 Å². The molecule has 1 aromatic heterocycles. The number of H-pyrrole nitrogens is 1. The Morgan fingerprint density at radius 1 is 1.33 bits per heavy atom. The predicted octanol–water partition coefficient (Wildman–Crippen LogP) is 2.57. The molecule has 1 amide bonds. The molecule has 126 valence electrons. The minimum absolute atomic E-state index is 0.0611. The highest BCUT2D eigenvalue weighted by molar-refractivity contribution is 7.99. The first-order chi connectivity index (χ1) is 11.4. The number of aromatic nitrogens is 2. The Labute approximate surface area is 144 Å². The van der Waals surface area contributed by atoms with Crippen molar-refractivity contribution in [3.8, 4) is 0 Å². The molecule has 2 rings (SSSR count). The summed E-state index contributed by atoms with van der Waals surface area (Å²) in [6, 6.07) is 6.76. The lowest BCUT2D eigenvalue weighted by Crippen LogP contribution is -2.18. The highest BCUT2D eigenvalue weighted by Crippen LogP contribution is 2.15. The van der Waals surface area contributed by atoms with E-state index in [1.54, 1.807) is 31.2 Å². The van der Waals surface area contributed by atoms with Crippen LogP contribution < -0.4 is 10.9 Å². The van der Waals surface area contributed by atoms with Gasteiger partial charge in [0.05, 0.1) is 11.4 Å². The number of hydrogen-bond donors (Lipinski definition) is 2. The number of Topliss-reactive ketones (excluding diaryl/α,β-unsaturated/α-hetero) is 1. The fourth-order valence-electron chi connectivity index (χ4n) is 2.12. The number of hydrogen-bond acceptors (Lipinski definition) is 5. The van der Waals surface area contributed by atoms with Crippen LogP contribution in [0.2, 0.25) is 0 Å². The van der Waals surface area contributed by atoms with Gasteiger partial charge in [-0.05, 0) is 32.4 Å². The number of anilines is 1. The molecule has 0 saturated heterocycles. The molecule has 0 spiro atoms. The fourth-order valence-corrected chi connectivity index (χ4v) is 2.80. The molecule has 2 N–H and O–H groups in total. The summed E-state index contributed by atoms with van der Waals surface area (Å²) in [4.78, 5) is 42.2. The molecule has 0 atom stereocenters. The Bertz CT molecular complexity index is 830. The lowest BCUT2D eigenvalue weighted by molar-refractivity contribution is -0.113. The van der Waals surface area contributed by atoms with Crippen LogP contribution in [0.4, 0.5) is 5.69 Å². The monoisotopic (exact) mass is 345 g/mol. The van der Waals surface area contributed by atoms with Crippen LogP contribution in [0.1, 0.15) is 35.5 Å². The van der Waals surface area contributed by atoms with E-state index in [1.165, 1.54) is 18.7 Å². The second kappa shape index (κ2) is 7.92. The molecule has 0 radical (unpaired) electrons. The Morgan fingerprint density at radius 3 is 2.75 bits per heavy atom. The van der Waals surface area contributed by atoms with E-state index in [2.05, 4.69) is 15.3 Å². The molecule has 6 nitrogen and oxygen atoms in total. The maximum atomic E-state index is 12.0. The van der Waals surface area contributed by atoms with Crippen LogP contribution in [0.15, 0.2) is 34.2 Å². The normalized spacial score (nSPS) is 10.5. The minimum Gasteiger partial charge on any atom is -0.325 e. The van der Waals surface area contributed by atoms with Crippen LogP contribution in [0.25, 0.3) is 0 Å². The molecule has 0 aliphatic carbocycles. The summed E-state index contributed by atoms with van der Waals surface area (Å²) < 4.78 is 0. The first-order valence-corrected chi connectivity index (χ1v) is 8.52. The Hall–Kier alpha value is -2.41. The van der Waals surface area contributed by atoms with E-state index >= 15 is 0 Å². The van der Waals surface area contributed by atoms with Gasteiger partial charge >= 0.3 is 0 Å². The molecule has 0 aliphatic rings. The van der Waals surface area contributed by atoms with Crippen molar-refractivity contribution in [3.05, 3.63) is 51.4 Å². The van der Waals surface area contributed by atoms with Gasteiger partial charge in [0.15, 0.2) is 10.9 Å². The van der Waals surface area contributed by atoms with Gasteiger partial charge in [-0.1, -0.05) is 30.8 Å². The quantitative estimate of drug-likeness (QED) is 0.477. The molecule has 2 aromatic rings. The van der Waals surface area contributed by atoms with Gasteiger partial charge in [0, 0.05) is 16.8 Å². The van der Waals surface area contributed by atoms with Gasteiger partial charge in [-0.2, -0.15) is 0 Å². The molecule has 0 bridgehead atoms. The van der Waals surface area contributed by atoms with E-state index < -0.39 is 0 Å². The van der Waals surface area contributed by atoms with E-state index in [9.17, 15) is 14.4 Å². The van der Waals surface area contributed by atoms with Gasteiger partial charge in [0.1, 0.15) is 0 Å². The molecule has 0 fully saturated rings. The third-order valence-corrected chi connectivity index (χ3v) is 4.33. The van der Waals surface area contributed by atoms with E-state index in [1.807, 2.05) is 6.92 Å². The van der Waals surface area contributed by atoms with Crippen molar-refractivity contribution in [1.82, 2.24) is 9.97 Å². The molecule has 24 heavy (non-hydrogen) atoms. The predicted molar refractivity (Wildman–Crippen MR) is 94.8 cm³/mol. The number of aryl methyl sites for hydroxylation is 1. The number of nitrogens with one attached hydrogen (secondary N) is 2. The SMILES string of the molecule is CCc1nc(SCC(=O)Nc2cccc(C(C)=O)c2)[nH]c(=O)c1C. The average molecular weight is 345 g/mol. The first-order valence-electron chi connectivity index (χ1n) is 7.54. The number of aromatic amines is 1. The maximum absolute atomic E-state index is 12.0. The summed E-state index contributed by atoms with van der Waals surface area (Å²) in [7, 11) is 0. The van der Waals surface area contributed by atoms with Crippen LogP contribution in [0.5, 0.6) is 0 Å². The lowest BCUT2D eigenvalue weighted by Gasteiger charge is -2.07. The van der Waals surface area contributed by atoms with Crippen molar-refractivity contribution in [2.75, 3.05) is 11.1 Å². The molecular formula is C17H19N3O3S. The molecule has 0 aliphatic heterocycles. The highest BCUT2D eigenvalue weighted by Gasteiger charge is 2.10. The number of carbonyl (C=O) groups excluding carboxylic acids is 2. The second-order valence-electron chi connectivity index (χ2n) is 5.27. The van der Waals surface area contributed by atoms with E-state index in [0.717, 1.165) is 5.69 Å². The molecule has 0 saturated carbocycles. The number of ketones is 1. The van der Waals surface area contributed by atoms with Gasteiger partial charge < -0.3 is 10.3 Å². The van der Waals surface area contributed by atoms with Gasteiger partial charge in [0.25, 0.3) is 5.56 Å². The highest BCUT2D eigenvalue weighted by atomic mass is 32.2. The summed E-state index contributed by atoms with van der Waals surface area (Å²) >= 11 is 1.17. The Kier molecular flexibility index (Phi) is 5.92. The first kappa shape index (κ1) is 17.9. The van der Waals surface area contributed by atoms with Crippen molar-refractivity contribution in [2.24, 2.45) is 0 Å². The Balaban J connectivity index is 2.01. The van der Waals surface area contributed by atoms with Gasteiger partial charge in [-0.3, -0.25) is 14.4 Å². The molecule has 1 heterocycles. The molecule has 1 aromatic carbocycles. The number of carbonyl (C=O) groups is 2. The standard InChI is InChI=1S/C17H19N3O3S/c1-4-14-10(2)16(23)20-17(19-14)24-9-15(22)18-13-7-5-6-12(8-13)11(3)21/h5-8H,4,9H2,1-3H3,(H,18,22)(H,19,20,23). The van der Waals surface area contributed by atoms with Gasteiger partial charge in [-0.25, -0.2) is 4.98 Å². The summed E-state index contributed by atoms with van der Waals surface area (Å²) in [6.07, 6.45) is 0.660. The molecule has 0 unspecified atom stereocenters. The summed E-state index contributed by atoms with van der Waals surface area (Å²) in [6.45, 7) is 5.13. The average Bonchev–Trinajstić information content (AvgIpc) is 2.56. The molecular weight excluding hydrogens is 326 g/mol. The van der Waals surface area contributed by atoms with E-state index in [4.69, 9.17) is 0 Å². The summed E-state index contributed by atoms with van der Waals surface area (Å²) in [5, 5.41) is 3.16. The van der Waals surface area contributed by atoms with Gasteiger partial charge in [0.2, 0.25) is 5.91 Å². The minimum atomic E-state index is -0.234. The largest absolute Gasteiger partial charge is 0.325 e. The van der Waals surface area contributed by atoms with E-state index in [0.29, 0.717) is 28.4 Å². The molecule has 7 heteroatoms. The summed E-state index contributed by atoms with van der Waals surface area (Å²) in [5.74, 6) is -0.185. The van der Waals surface area contributed by atoms with Crippen LogP contribution in [0, 0.1) is 6.92 Å². The van der Waals surface area contributed by atoms with Crippen LogP contribution in [-0.2, 0) is 11.2 Å². The summed E-state index contributed by atoms with van der Waals surface area (Å²) in [5.41, 5.74) is 2.26. The smallest absolute Gasteiger partial charge is 0.254 e. The third kappa shape index (κ3) is 4.55. The van der Waals surface area contributed by atoms with Crippen molar-refractivity contribution in [3.63, 3.8) is 0 Å². The van der Waals surface area contributed by atoms with E-state index in [-0.39, 0.29) is 23.0 Å². The topological polar surface area (TPSA) is 91.9 Å². The van der Waals surface area contributed by atoms with Crippen molar-refractivity contribution in [1.29, 1.82) is 0 Å². The zero-order valence-corrected chi connectivity index (χ0v) is 14.6.